The fourth-order valence-electron chi connectivity index (χ4n) is 6.38. The molecule has 3 aliphatic rings. The predicted molar refractivity (Wildman–Crippen MR) is 140 cm³/mol. The van der Waals surface area contributed by atoms with Gasteiger partial charge in [-0.3, -0.25) is 4.40 Å². The second-order valence-electron chi connectivity index (χ2n) is 11.0. The van der Waals surface area contributed by atoms with Crippen molar-refractivity contribution < 1.29 is 37.1 Å². The van der Waals surface area contributed by atoms with Crippen molar-refractivity contribution >= 4 is 17.3 Å². The summed E-state index contributed by atoms with van der Waals surface area (Å²) in [7, 11) is 0. The fourth-order valence-corrected chi connectivity index (χ4v) is 6.38. The molecule has 3 atom stereocenters. The van der Waals surface area contributed by atoms with Crippen molar-refractivity contribution in [2.75, 3.05) is 4.90 Å². The number of hydrogen-bond donors (Lipinski definition) is 1. The van der Waals surface area contributed by atoms with Gasteiger partial charge in [0.2, 0.25) is 0 Å². The summed E-state index contributed by atoms with van der Waals surface area (Å²) >= 11 is 0. The first-order chi connectivity index (χ1) is 19.7. The molecule has 2 aliphatic heterocycles. The molecule has 0 spiro atoms. The highest BCUT2D eigenvalue weighted by Gasteiger charge is 2.42. The van der Waals surface area contributed by atoms with Crippen molar-refractivity contribution in [1.82, 2.24) is 14.5 Å². The third kappa shape index (κ3) is 4.90. The Morgan fingerprint density at radius 3 is 2.54 bits per heavy atom. The highest BCUT2D eigenvalue weighted by molar-refractivity contribution is 5.86. The number of pyridine rings is 1. The monoisotopic (exact) mass is 568 g/mol. The van der Waals surface area contributed by atoms with E-state index in [4.69, 9.17) is 9.26 Å². The Labute approximate surface area is 232 Å². The normalized spacial score (nSPS) is 22.4. The van der Waals surface area contributed by atoms with E-state index < -0.39 is 12.3 Å². The van der Waals surface area contributed by atoms with Gasteiger partial charge in [-0.05, 0) is 62.8 Å². The molecule has 1 aliphatic carbocycles. The van der Waals surface area contributed by atoms with Crippen LogP contribution in [0.2, 0.25) is 0 Å². The number of imidazole rings is 1. The van der Waals surface area contributed by atoms with Crippen LogP contribution >= 0.6 is 0 Å². The van der Waals surface area contributed by atoms with Crippen LogP contribution in [0, 0.1) is 0 Å². The molecule has 5 heterocycles. The smallest absolute Gasteiger partial charge is 0.477 e. The predicted octanol–water partition coefficient (Wildman–Crippen LogP) is 6.18. The molecule has 0 radical (unpaired) electrons. The maximum absolute atomic E-state index is 13.1. The Kier molecular flexibility index (Phi) is 6.18. The number of aromatic carboxylic acids is 1. The van der Waals surface area contributed by atoms with Crippen molar-refractivity contribution in [3.63, 3.8) is 0 Å². The summed E-state index contributed by atoms with van der Waals surface area (Å²) in [5.74, 6) is -0.498. The molecule has 1 aromatic carbocycles. The minimum absolute atomic E-state index is 0.0493. The van der Waals surface area contributed by atoms with Crippen LogP contribution in [0.15, 0.2) is 53.3 Å². The van der Waals surface area contributed by atoms with Crippen LogP contribution in [-0.4, -0.2) is 50.2 Å². The Hall–Kier alpha value is -4.06. The summed E-state index contributed by atoms with van der Waals surface area (Å²) < 4.78 is 57.3. The van der Waals surface area contributed by atoms with E-state index in [1.807, 2.05) is 18.3 Å². The highest BCUT2D eigenvalue weighted by atomic mass is 19.4. The van der Waals surface area contributed by atoms with E-state index in [1.165, 1.54) is 18.3 Å². The Morgan fingerprint density at radius 2 is 1.83 bits per heavy atom. The molecule has 4 aromatic rings. The molecule has 1 N–H and O–H groups in total. The van der Waals surface area contributed by atoms with Crippen LogP contribution in [-0.2, 0) is 11.3 Å². The van der Waals surface area contributed by atoms with Gasteiger partial charge in [0.1, 0.15) is 22.9 Å². The minimum atomic E-state index is -4.83. The Bertz CT molecular complexity index is 1600. The van der Waals surface area contributed by atoms with Crippen molar-refractivity contribution in [2.24, 2.45) is 0 Å². The highest BCUT2D eigenvalue weighted by Crippen LogP contribution is 2.46. The van der Waals surface area contributed by atoms with E-state index in [1.54, 1.807) is 16.5 Å². The van der Waals surface area contributed by atoms with Gasteiger partial charge in [-0.2, -0.15) is 0 Å². The standard InChI is InChI=1S/C29H27F3N4O5/c30-29(31,32)40-24-4-2-1-3-21(24)26-22(27(41-34-26)16-5-6-16)15-39-20-11-17-7-8-18(12-20)36(17)19-9-10-25-33-13-23(28(37)38)35(25)14-19/h1-4,9-10,13-14,16-18,20H,5-8,11-12,15H2,(H,37,38)/t17-,18?,20?/m0/s1. The summed E-state index contributed by atoms with van der Waals surface area (Å²) in [6.45, 7) is 0.179. The van der Waals surface area contributed by atoms with Crippen LogP contribution < -0.4 is 9.64 Å². The van der Waals surface area contributed by atoms with E-state index in [2.05, 4.69) is 19.8 Å². The van der Waals surface area contributed by atoms with Gasteiger partial charge in [-0.1, -0.05) is 17.3 Å². The average molecular weight is 569 g/mol. The van der Waals surface area contributed by atoms with Gasteiger partial charge >= 0.3 is 12.3 Å². The second kappa shape index (κ2) is 9.79. The number of para-hydroxylation sites is 1. The zero-order chi connectivity index (χ0) is 28.3. The Balaban J connectivity index is 1.10. The molecule has 0 amide bonds. The van der Waals surface area contributed by atoms with Gasteiger partial charge in [-0.25, -0.2) is 9.78 Å². The molecular formula is C29H27F3N4O5. The summed E-state index contributed by atoms with van der Waals surface area (Å²) in [5, 5.41) is 13.7. The molecular weight excluding hydrogens is 541 g/mol. The van der Waals surface area contributed by atoms with Gasteiger partial charge in [0.15, 0.2) is 5.69 Å². The van der Waals surface area contributed by atoms with Gasteiger partial charge in [0.05, 0.1) is 24.6 Å². The third-order valence-electron chi connectivity index (χ3n) is 8.30. The number of carboxylic acid groups (broad SMARTS) is 1. The average Bonchev–Trinajstić information content (AvgIpc) is 3.44. The van der Waals surface area contributed by atoms with Gasteiger partial charge < -0.3 is 24.0 Å². The lowest BCUT2D eigenvalue weighted by atomic mass is 9.98. The van der Waals surface area contributed by atoms with Gasteiger partial charge in [0.25, 0.3) is 0 Å². The summed E-state index contributed by atoms with van der Waals surface area (Å²) in [6.07, 6.45) is 3.73. The molecule has 2 bridgehead atoms. The lowest BCUT2D eigenvalue weighted by Crippen LogP contribution is -2.45. The number of rotatable bonds is 8. The molecule has 1 saturated carbocycles. The number of fused-ring (bicyclic) bond motifs is 3. The molecule has 12 heteroatoms. The maximum atomic E-state index is 13.1. The number of anilines is 1. The first kappa shape index (κ1) is 25.9. The Morgan fingerprint density at radius 1 is 1.07 bits per heavy atom. The fraction of sp³-hybridized carbons (Fsp3) is 0.414. The molecule has 2 saturated heterocycles. The molecule has 2 unspecified atom stereocenters. The van der Waals surface area contributed by atoms with Gasteiger partial charge in [-0.15, -0.1) is 13.2 Å². The van der Waals surface area contributed by atoms with Crippen LogP contribution in [0.3, 0.4) is 0 Å². The molecule has 3 fully saturated rings. The number of halogens is 3. The number of hydrogen-bond acceptors (Lipinski definition) is 7. The SMILES string of the molecule is O=C(O)c1cnc2ccc(N3C4CC[C@H]3CC(OCc3c(-c5ccccc5OC(F)(F)F)noc3C3CC3)C4)cn12. The molecule has 214 valence electrons. The van der Waals surface area contributed by atoms with Crippen LogP contribution in [0.4, 0.5) is 18.9 Å². The lowest BCUT2D eigenvalue weighted by molar-refractivity contribution is -0.274. The van der Waals surface area contributed by atoms with Crippen molar-refractivity contribution in [1.29, 1.82) is 0 Å². The number of carbonyl (C=O) groups is 1. The topological polar surface area (TPSA) is 102 Å². The van der Waals surface area contributed by atoms with Crippen molar-refractivity contribution in [3.8, 4) is 17.0 Å². The lowest BCUT2D eigenvalue weighted by Gasteiger charge is -2.40. The van der Waals surface area contributed by atoms with Crippen molar-refractivity contribution in [3.05, 3.63) is 65.8 Å². The number of nitrogens with zero attached hydrogens (tertiary/aromatic N) is 4. The largest absolute Gasteiger partial charge is 0.573 e. The molecule has 9 nitrogen and oxygen atoms in total. The number of ether oxygens (including phenoxy) is 2. The van der Waals surface area contributed by atoms with Crippen molar-refractivity contribution in [2.45, 2.75) is 75.6 Å². The van der Waals surface area contributed by atoms with E-state index in [9.17, 15) is 23.1 Å². The second-order valence-corrected chi connectivity index (χ2v) is 11.0. The molecule has 41 heavy (non-hydrogen) atoms. The number of alkyl halides is 3. The summed E-state index contributed by atoms with van der Waals surface area (Å²) in [5.41, 5.74) is 2.84. The minimum Gasteiger partial charge on any atom is -0.477 e. The van der Waals surface area contributed by atoms with E-state index in [0.717, 1.165) is 44.2 Å². The van der Waals surface area contributed by atoms with Crippen LogP contribution in [0.1, 0.15) is 66.3 Å². The first-order valence-corrected chi connectivity index (χ1v) is 13.7. The van der Waals surface area contributed by atoms with E-state index in [-0.39, 0.29) is 47.7 Å². The molecule has 7 rings (SSSR count). The first-order valence-electron chi connectivity index (χ1n) is 13.7. The maximum Gasteiger partial charge on any atom is 0.573 e. The number of piperidine rings is 1. The molecule has 3 aromatic heterocycles. The summed E-state index contributed by atoms with van der Waals surface area (Å²) in [6, 6.07) is 10.2. The number of benzene rings is 1. The van der Waals surface area contributed by atoms with Gasteiger partial charge in [0, 0.05) is 35.3 Å². The van der Waals surface area contributed by atoms with E-state index in [0.29, 0.717) is 22.7 Å². The number of carboxylic acids is 1. The van der Waals surface area contributed by atoms with E-state index >= 15 is 0 Å². The zero-order valence-corrected chi connectivity index (χ0v) is 21.9. The summed E-state index contributed by atoms with van der Waals surface area (Å²) in [4.78, 5) is 18.2. The number of aromatic nitrogens is 3. The quantitative estimate of drug-likeness (QED) is 0.269. The third-order valence-corrected chi connectivity index (χ3v) is 8.30. The van der Waals surface area contributed by atoms with Crippen LogP contribution in [0.5, 0.6) is 5.75 Å². The van der Waals surface area contributed by atoms with Crippen LogP contribution in [0.25, 0.3) is 16.9 Å². The zero-order valence-electron chi connectivity index (χ0n) is 21.9.